The van der Waals surface area contributed by atoms with E-state index in [0.717, 1.165) is 13.0 Å². The average molecular weight is 283 g/mol. The summed E-state index contributed by atoms with van der Waals surface area (Å²) in [6, 6.07) is 3.76. The zero-order chi connectivity index (χ0) is 12.5. The van der Waals surface area contributed by atoms with Crippen molar-refractivity contribution in [2.45, 2.75) is 12.5 Å². The summed E-state index contributed by atoms with van der Waals surface area (Å²) in [5.74, 6) is 0.0505. The van der Waals surface area contributed by atoms with E-state index in [1.165, 1.54) is 11.3 Å². The summed E-state index contributed by atoms with van der Waals surface area (Å²) in [7, 11) is 0. The highest BCUT2D eigenvalue weighted by Crippen LogP contribution is 2.26. The topological polar surface area (TPSA) is 51.0 Å². The highest BCUT2D eigenvalue weighted by molar-refractivity contribution is 7.17. The van der Waals surface area contributed by atoms with Gasteiger partial charge in [0.1, 0.15) is 0 Å². The molecule has 0 radical (unpaired) electrons. The van der Waals surface area contributed by atoms with Gasteiger partial charge in [-0.1, -0.05) is 16.8 Å². The molecule has 0 bridgehead atoms. The van der Waals surface area contributed by atoms with Gasteiger partial charge in [-0.2, -0.15) is 0 Å². The number of aromatic nitrogens is 3. The molecular weight excluding hydrogens is 272 g/mol. The van der Waals surface area contributed by atoms with Crippen LogP contribution in [0.3, 0.4) is 0 Å². The first-order valence-electron chi connectivity index (χ1n) is 5.64. The molecule has 1 saturated heterocycles. The smallest absolute Gasteiger partial charge is 0.264 e. The van der Waals surface area contributed by atoms with Gasteiger partial charge in [-0.25, -0.2) is 4.68 Å². The van der Waals surface area contributed by atoms with Gasteiger partial charge in [-0.3, -0.25) is 4.79 Å². The lowest BCUT2D eigenvalue weighted by molar-refractivity contribution is 0.0791. The van der Waals surface area contributed by atoms with Gasteiger partial charge in [0.15, 0.2) is 0 Å². The van der Waals surface area contributed by atoms with Crippen LogP contribution >= 0.6 is 22.9 Å². The van der Waals surface area contributed by atoms with E-state index in [-0.39, 0.29) is 11.9 Å². The summed E-state index contributed by atoms with van der Waals surface area (Å²) in [5.41, 5.74) is 0. The number of carbonyl (C=O) groups is 1. The third kappa shape index (κ3) is 2.13. The van der Waals surface area contributed by atoms with Gasteiger partial charge < -0.3 is 4.90 Å². The number of rotatable bonds is 2. The number of carbonyl (C=O) groups excluding carboxylic acids is 1. The van der Waals surface area contributed by atoms with E-state index in [1.807, 2.05) is 15.8 Å². The van der Waals surface area contributed by atoms with Crippen LogP contribution in [0.4, 0.5) is 0 Å². The molecule has 0 spiro atoms. The van der Waals surface area contributed by atoms with Crippen molar-refractivity contribution in [3.63, 3.8) is 0 Å². The van der Waals surface area contributed by atoms with Gasteiger partial charge >= 0.3 is 0 Å². The molecule has 0 saturated carbocycles. The maximum Gasteiger partial charge on any atom is 0.264 e. The number of thiophene rings is 1. The second-order valence-corrected chi connectivity index (χ2v) is 5.90. The molecule has 2 aromatic rings. The van der Waals surface area contributed by atoms with Gasteiger partial charge in [0, 0.05) is 19.3 Å². The molecule has 0 N–H and O–H groups in total. The first kappa shape index (κ1) is 11.7. The fourth-order valence-electron chi connectivity index (χ4n) is 2.14. The van der Waals surface area contributed by atoms with Crippen molar-refractivity contribution in [2.75, 3.05) is 13.1 Å². The predicted octanol–water partition coefficient (Wildman–Crippen LogP) is 2.08. The van der Waals surface area contributed by atoms with Crippen LogP contribution < -0.4 is 0 Å². The molecule has 1 aliphatic heterocycles. The Kier molecular flexibility index (Phi) is 3.05. The summed E-state index contributed by atoms with van der Waals surface area (Å²) in [6.07, 6.45) is 4.40. The summed E-state index contributed by atoms with van der Waals surface area (Å²) >= 11 is 7.17. The number of halogens is 1. The summed E-state index contributed by atoms with van der Waals surface area (Å²) in [5, 5.41) is 7.77. The molecule has 1 unspecified atom stereocenters. The third-order valence-electron chi connectivity index (χ3n) is 3.05. The molecule has 94 valence electrons. The fraction of sp³-hybridized carbons (Fsp3) is 0.364. The Morgan fingerprint density at radius 3 is 3.06 bits per heavy atom. The van der Waals surface area contributed by atoms with Crippen LogP contribution in [-0.2, 0) is 0 Å². The van der Waals surface area contributed by atoms with E-state index in [9.17, 15) is 4.79 Å². The lowest BCUT2D eigenvalue weighted by Gasteiger charge is -2.15. The molecule has 1 fully saturated rings. The number of amides is 1. The largest absolute Gasteiger partial charge is 0.336 e. The quantitative estimate of drug-likeness (QED) is 0.847. The van der Waals surface area contributed by atoms with E-state index >= 15 is 0 Å². The summed E-state index contributed by atoms with van der Waals surface area (Å²) in [4.78, 5) is 14.7. The van der Waals surface area contributed by atoms with Gasteiger partial charge in [0.2, 0.25) is 0 Å². The van der Waals surface area contributed by atoms with Crippen LogP contribution in [0.2, 0.25) is 4.34 Å². The van der Waals surface area contributed by atoms with E-state index in [4.69, 9.17) is 11.6 Å². The average Bonchev–Trinajstić information content (AvgIpc) is 3.09. The maximum atomic E-state index is 12.2. The Morgan fingerprint density at radius 1 is 1.50 bits per heavy atom. The van der Waals surface area contributed by atoms with Gasteiger partial charge in [0.25, 0.3) is 5.91 Å². The number of hydrogen-bond acceptors (Lipinski definition) is 4. The third-order valence-corrected chi connectivity index (χ3v) is 4.27. The predicted molar refractivity (Wildman–Crippen MR) is 68.9 cm³/mol. The van der Waals surface area contributed by atoms with Crippen molar-refractivity contribution >= 4 is 28.8 Å². The molecule has 1 atom stereocenters. The second-order valence-electron chi connectivity index (χ2n) is 4.18. The SMILES string of the molecule is O=C(c1ccc(Cl)s1)N1CCC(n2ccnn2)C1. The highest BCUT2D eigenvalue weighted by atomic mass is 35.5. The van der Waals surface area contributed by atoms with E-state index in [2.05, 4.69) is 10.3 Å². The lowest BCUT2D eigenvalue weighted by atomic mass is 10.3. The van der Waals surface area contributed by atoms with Crippen LogP contribution in [0, 0.1) is 0 Å². The van der Waals surface area contributed by atoms with Gasteiger partial charge in [0.05, 0.1) is 21.5 Å². The van der Waals surface area contributed by atoms with Crippen LogP contribution in [0.15, 0.2) is 24.5 Å². The first-order chi connectivity index (χ1) is 8.74. The van der Waals surface area contributed by atoms with Crippen LogP contribution in [0.25, 0.3) is 0 Å². The van der Waals surface area contributed by atoms with Crippen LogP contribution in [-0.4, -0.2) is 38.9 Å². The van der Waals surface area contributed by atoms with E-state index in [1.54, 1.807) is 18.3 Å². The second kappa shape index (κ2) is 4.70. The molecule has 3 heterocycles. The molecule has 5 nitrogen and oxygen atoms in total. The minimum Gasteiger partial charge on any atom is -0.336 e. The lowest BCUT2D eigenvalue weighted by Crippen LogP contribution is -2.28. The molecule has 7 heteroatoms. The van der Waals surface area contributed by atoms with Crippen molar-refractivity contribution < 1.29 is 4.79 Å². The summed E-state index contributed by atoms with van der Waals surface area (Å²) in [6.45, 7) is 1.43. The first-order valence-corrected chi connectivity index (χ1v) is 6.84. The van der Waals surface area contributed by atoms with Gasteiger partial charge in [-0.05, 0) is 18.6 Å². The molecule has 0 aromatic carbocycles. The molecule has 1 aliphatic rings. The minimum absolute atomic E-state index is 0.0505. The number of hydrogen-bond donors (Lipinski definition) is 0. The molecule has 1 amide bonds. The van der Waals surface area contributed by atoms with Crippen molar-refractivity contribution in [3.8, 4) is 0 Å². The number of nitrogens with zero attached hydrogens (tertiary/aromatic N) is 4. The standard InChI is InChI=1S/C11H11ClN4OS/c12-10-2-1-9(18-10)11(17)15-5-3-8(7-15)16-6-4-13-14-16/h1-2,4,6,8H,3,5,7H2. The molecule has 18 heavy (non-hydrogen) atoms. The maximum absolute atomic E-state index is 12.2. The van der Waals surface area contributed by atoms with Crippen LogP contribution in [0.5, 0.6) is 0 Å². The number of likely N-dealkylation sites (tertiary alicyclic amines) is 1. The van der Waals surface area contributed by atoms with Crippen molar-refractivity contribution in [3.05, 3.63) is 33.7 Å². The minimum atomic E-state index is 0.0505. The van der Waals surface area contributed by atoms with Crippen molar-refractivity contribution in [1.29, 1.82) is 0 Å². The fourth-order valence-corrected chi connectivity index (χ4v) is 3.15. The van der Waals surface area contributed by atoms with E-state index < -0.39 is 0 Å². The normalized spacial score (nSPS) is 19.4. The zero-order valence-corrected chi connectivity index (χ0v) is 11.1. The summed E-state index contributed by atoms with van der Waals surface area (Å²) < 4.78 is 2.46. The monoisotopic (exact) mass is 282 g/mol. The zero-order valence-electron chi connectivity index (χ0n) is 9.49. The molecule has 0 aliphatic carbocycles. The van der Waals surface area contributed by atoms with Crippen LogP contribution in [0.1, 0.15) is 22.1 Å². The molecule has 3 rings (SSSR count). The Hall–Kier alpha value is -1.40. The highest BCUT2D eigenvalue weighted by Gasteiger charge is 2.29. The van der Waals surface area contributed by atoms with E-state index in [0.29, 0.717) is 15.8 Å². The van der Waals surface area contributed by atoms with Crippen molar-refractivity contribution in [1.82, 2.24) is 19.9 Å². The van der Waals surface area contributed by atoms with Crippen molar-refractivity contribution in [2.24, 2.45) is 0 Å². The molecule has 2 aromatic heterocycles. The Bertz CT molecular complexity index is 553. The molecular formula is C11H11ClN4OS. The van der Waals surface area contributed by atoms with Gasteiger partial charge in [-0.15, -0.1) is 16.4 Å². The Morgan fingerprint density at radius 2 is 2.39 bits per heavy atom. The Balaban J connectivity index is 1.70. The Labute approximate surface area is 113 Å².